The van der Waals surface area contributed by atoms with Gasteiger partial charge in [0.05, 0.1) is 30.2 Å². The molecule has 5 rings (SSSR count). The van der Waals surface area contributed by atoms with Crippen molar-refractivity contribution in [3.05, 3.63) is 93.5 Å². The summed E-state index contributed by atoms with van der Waals surface area (Å²) in [5.41, 5.74) is 2.08. The van der Waals surface area contributed by atoms with Crippen molar-refractivity contribution in [2.45, 2.75) is 33.2 Å². The third-order valence-corrected chi connectivity index (χ3v) is 5.97. The van der Waals surface area contributed by atoms with E-state index in [-0.39, 0.29) is 11.2 Å². The molecule has 0 aliphatic carbocycles. The average molecular weight is 471 g/mol. The Labute approximate surface area is 202 Å². The zero-order valence-corrected chi connectivity index (χ0v) is 19.9. The Morgan fingerprint density at radius 2 is 1.83 bits per heavy atom. The molecule has 1 aliphatic rings. The van der Waals surface area contributed by atoms with Crippen LogP contribution in [-0.2, 0) is 0 Å². The van der Waals surface area contributed by atoms with Crippen LogP contribution in [0.5, 0.6) is 11.5 Å². The number of pyridine rings is 1. The number of fused-ring (bicyclic) bond motifs is 2. The molecule has 2 aromatic heterocycles. The minimum atomic E-state index is -0.730. The van der Waals surface area contributed by atoms with E-state index >= 15 is 0 Å². The molecular weight excluding hydrogens is 444 g/mol. The van der Waals surface area contributed by atoms with E-state index in [0.29, 0.717) is 52.6 Å². The Bertz CT molecular complexity index is 1480. The number of rotatable bonds is 7. The summed E-state index contributed by atoms with van der Waals surface area (Å²) in [5.74, 6) is 1.25. The van der Waals surface area contributed by atoms with E-state index in [1.807, 2.05) is 51.1 Å². The standard InChI is InChI=1S/C28H26N2O5/c1-4-14-34-21-11-10-18(16-22(21)33-5-2)25-24-26(31)19-8-6-7-9-20(19)35-27(24)28(32)30(25)23-15-17(3)12-13-29-23/h6-13,15-16,25H,4-5,14H2,1-3H3/t25-/m1/s1. The van der Waals surface area contributed by atoms with E-state index in [9.17, 15) is 9.59 Å². The van der Waals surface area contributed by atoms with E-state index in [0.717, 1.165) is 12.0 Å². The summed E-state index contributed by atoms with van der Waals surface area (Å²) in [6.07, 6.45) is 2.51. The lowest BCUT2D eigenvalue weighted by atomic mass is 9.98. The fourth-order valence-corrected chi connectivity index (χ4v) is 4.42. The lowest BCUT2D eigenvalue weighted by Gasteiger charge is -2.25. The highest BCUT2D eigenvalue weighted by atomic mass is 16.5. The van der Waals surface area contributed by atoms with Gasteiger partial charge in [0.2, 0.25) is 5.76 Å². The quantitative estimate of drug-likeness (QED) is 0.358. The van der Waals surface area contributed by atoms with Crippen LogP contribution in [0.3, 0.4) is 0 Å². The lowest BCUT2D eigenvalue weighted by molar-refractivity contribution is 0.0970. The van der Waals surface area contributed by atoms with Crippen molar-refractivity contribution in [1.82, 2.24) is 4.98 Å². The molecule has 0 unspecified atom stereocenters. The fraction of sp³-hybridized carbons (Fsp3) is 0.250. The van der Waals surface area contributed by atoms with Gasteiger partial charge in [-0.3, -0.25) is 14.5 Å². The summed E-state index contributed by atoms with van der Waals surface area (Å²) >= 11 is 0. The van der Waals surface area contributed by atoms with Gasteiger partial charge in [-0.25, -0.2) is 4.98 Å². The first kappa shape index (κ1) is 22.7. The summed E-state index contributed by atoms with van der Waals surface area (Å²) < 4.78 is 17.7. The Hall–Kier alpha value is -4.13. The summed E-state index contributed by atoms with van der Waals surface area (Å²) in [7, 11) is 0. The molecule has 178 valence electrons. The summed E-state index contributed by atoms with van der Waals surface area (Å²) in [6, 6.07) is 15.4. The topological polar surface area (TPSA) is 81.9 Å². The molecule has 2 aromatic carbocycles. The molecule has 7 nitrogen and oxygen atoms in total. The number of ether oxygens (including phenoxy) is 2. The van der Waals surface area contributed by atoms with Crippen molar-refractivity contribution < 1.29 is 18.7 Å². The number of carbonyl (C=O) groups is 1. The van der Waals surface area contributed by atoms with Gasteiger partial charge < -0.3 is 13.9 Å². The number of aryl methyl sites for hydroxylation is 1. The predicted octanol–water partition coefficient (Wildman–Crippen LogP) is 5.43. The van der Waals surface area contributed by atoms with Crippen molar-refractivity contribution in [3.8, 4) is 11.5 Å². The molecule has 0 fully saturated rings. The molecular formula is C28H26N2O5. The van der Waals surface area contributed by atoms with Crippen LogP contribution in [-0.4, -0.2) is 24.1 Å². The highest BCUT2D eigenvalue weighted by Crippen LogP contribution is 2.43. The largest absolute Gasteiger partial charge is 0.490 e. The van der Waals surface area contributed by atoms with Crippen molar-refractivity contribution in [1.29, 1.82) is 0 Å². The molecule has 0 spiro atoms. The number of para-hydroxylation sites is 1. The predicted molar refractivity (Wildman–Crippen MR) is 134 cm³/mol. The fourth-order valence-electron chi connectivity index (χ4n) is 4.42. The molecule has 0 radical (unpaired) electrons. The van der Waals surface area contributed by atoms with Crippen molar-refractivity contribution in [2.75, 3.05) is 18.1 Å². The normalized spacial score (nSPS) is 14.9. The SMILES string of the molecule is CCCOc1ccc([C@@H]2c3c(oc4ccccc4c3=O)C(=O)N2c2cc(C)ccn2)cc1OCC. The first-order valence-corrected chi connectivity index (χ1v) is 11.7. The Kier molecular flexibility index (Phi) is 5.99. The van der Waals surface area contributed by atoms with Gasteiger partial charge in [-0.15, -0.1) is 0 Å². The van der Waals surface area contributed by atoms with Gasteiger partial charge >= 0.3 is 0 Å². The van der Waals surface area contributed by atoms with E-state index in [2.05, 4.69) is 4.98 Å². The first-order chi connectivity index (χ1) is 17.0. The van der Waals surface area contributed by atoms with Gasteiger partial charge in [-0.1, -0.05) is 25.1 Å². The van der Waals surface area contributed by atoms with Crippen LogP contribution in [0, 0.1) is 6.92 Å². The number of amides is 1. The molecule has 35 heavy (non-hydrogen) atoms. The number of anilines is 1. The van der Waals surface area contributed by atoms with Crippen molar-refractivity contribution >= 4 is 22.7 Å². The van der Waals surface area contributed by atoms with E-state index in [1.165, 1.54) is 4.90 Å². The highest BCUT2D eigenvalue weighted by Gasteiger charge is 2.44. The second kappa shape index (κ2) is 9.25. The first-order valence-electron chi connectivity index (χ1n) is 11.7. The maximum absolute atomic E-state index is 13.7. The molecule has 4 aromatic rings. The lowest BCUT2D eigenvalue weighted by Crippen LogP contribution is -2.30. The van der Waals surface area contributed by atoms with Crippen molar-refractivity contribution in [2.24, 2.45) is 0 Å². The maximum Gasteiger partial charge on any atom is 0.296 e. The molecule has 3 heterocycles. The second-order valence-corrected chi connectivity index (χ2v) is 8.43. The van der Waals surface area contributed by atoms with Gasteiger partial charge in [-0.2, -0.15) is 0 Å². The smallest absolute Gasteiger partial charge is 0.296 e. The van der Waals surface area contributed by atoms with Crippen molar-refractivity contribution in [3.63, 3.8) is 0 Å². The zero-order valence-electron chi connectivity index (χ0n) is 19.9. The van der Waals surface area contributed by atoms with Crippen LogP contribution in [0.15, 0.2) is 70.0 Å². The van der Waals surface area contributed by atoms with Crippen LogP contribution in [0.1, 0.15) is 53.6 Å². The molecule has 0 N–H and O–H groups in total. The third kappa shape index (κ3) is 3.93. The molecule has 1 aliphatic heterocycles. The highest BCUT2D eigenvalue weighted by molar-refractivity contribution is 6.10. The monoisotopic (exact) mass is 470 g/mol. The summed E-state index contributed by atoms with van der Waals surface area (Å²) in [5, 5.41) is 0.427. The van der Waals surface area contributed by atoms with E-state index in [4.69, 9.17) is 13.9 Å². The minimum Gasteiger partial charge on any atom is -0.490 e. The van der Waals surface area contributed by atoms with E-state index in [1.54, 1.807) is 30.5 Å². The van der Waals surface area contributed by atoms with Gasteiger partial charge in [0.1, 0.15) is 11.4 Å². The maximum atomic E-state index is 13.7. The Balaban J connectivity index is 1.75. The number of nitrogens with zero attached hydrogens (tertiary/aromatic N) is 2. The Morgan fingerprint density at radius 1 is 1.00 bits per heavy atom. The van der Waals surface area contributed by atoms with Gasteiger partial charge in [0.25, 0.3) is 5.91 Å². The second-order valence-electron chi connectivity index (χ2n) is 8.43. The molecule has 0 bridgehead atoms. The Morgan fingerprint density at radius 3 is 2.60 bits per heavy atom. The molecule has 1 amide bonds. The number of aromatic nitrogens is 1. The van der Waals surface area contributed by atoms with Gasteiger partial charge in [0.15, 0.2) is 16.9 Å². The summed E-state index contributed by atoms with van der Waals surface area (Å²) in [6.45, 7) is 6.86. The number of hydrogen-bond acceptors (Lipinski definition) is 6. The molecule has 0 saturated heterocycles. The van der Waals surface area contributed by atoms with Crippen LogP contribution in [0.2, 0.25) is 0 Å². The number of benzene rings is 2. The van der Waals surface area contributed by atoms with Crippen LogP contribution >= 0.6 is 0 Å². The number of hydrogen-bond donors (Lipinski definition) is 0. The minimum absolute atomic E-state index is 0.0336. The van der Waals surface area contributed by atoms with E-state index < -0.39 is 11.9 Å². The van der Waals surface area contributed by atoms with Crippen LogP contribution < -0.4 is 19.8 Å². The van der Waals surface area contributed by atoms with Crippen LogP contribution in [0.25, 0.3) is 11.0 Å². The number of carbonyl (C=O) groups excluding carboxylic acids is 1. The van der Waals surface area contributed by atoms with Crippen LogP contribution in [0.4, 0.5) is 5.82 Å². The van der Waals surface area contributed by atoms with Gasteiger partial charge in [0, 0.05) is 6.20 Å². The summed E-state index contributed by atoms with van der Waals surface area (Å²) in [4.78, 5) is 33.4. The third-order valence-electron chi connectivity index (χ3n) is 5.97. The molecule has 0 saturated carbocycles. The van der Waals surface area contributed by atoms with Gasteiger partial charge in [-0.05, 0) is 67.8 Å². The zero-order chi connectivity index (χ0) is 24.5. The molecule has 1 atom stereocenters. The average Bonchev–Trinajstić information content (AvgIpc) is 3.16. The molecule has 7 heteroatoms.